The van der Waals surface area contributed by atoms with E-state index in [0.717, 1.165) is 51.4 Å². The Morgan fingerprint density at radius 3 is 1.25 bits per heavy atom. The lowest BCUT2D eigenvalue weighted by Crippen LogP contribution is -2.41. The lowest BCUT2D eigenvalue weighted by atomic mass is 10.0. The molecule has 0 rings (SSSR count). The highest BCUT2D eigenvalue weighted by atomic mass is 16.5. The second-order valence-electron chi connectivity index (χ2n) is 13.3. The van der Waals surface area contributed by atoms with E-state index in [2.05, 4.69) is 21.3 Å². The van der Waals surface area contributed by atoms with Gasteiger partial charge in [-0.05, 0) is 26.2 Å². The van der Waals surface area contributed by atoms with E-state index in [0.29, 0.717) is 39.4 Å². The van der Waals surface area contributed by atoms with Gasteiger partial charge in [0.1, 0.15) is 19.3 Å². The van der Waals surface area contributed by atoms with Crippen molar-refractivity contribution in [3.05, 3.63) is 0 Å². The molecular weight excluding hydrogens is 748 g/mol. The monoisotopic (exact) mass is 821 g/mol. The molecule has 0 fully saturated rings. The number of hydrogen-bond donors (Lipinski definition) is 6. The molecule has 0 aliphatic rings. The highest BCUT2D eigenvalue weighted by Crippen LogP contribution is 2.13. The van der Waals surface area contributed by atoms with Crippen LogP contribution < -0.4 is 21.3 Å². The van der Waals surface area contributed by atoms with Crippen molar-refractivity contribution >= 4 is 35.6 Å². The number of rotatable bonds is 43. The van der Waals surface area contributed by atoms with Crippen LogP contribution in [0.25, 0.3) is 0 Å². The molecule has 1 atom stereocenters. The molecule has 1 unspecified atom stereocenters. The quantitative estimate of drug-likeness (QED) is 0.0484. The highest BCUT2D eigenvalue weighted by Gasteiger charge is 2.20. The van der Waals surface area contributed by atoms with Crippen LogP contribution in [0.15, 0.2) is 0 Å². The number of carbonyl (C=O) groups is 6. The summed E-state index contributed by atoms with van der Waals surface area (Å²) in [6, 6.07) is -1.14. The van der Waals surface area contributed by atoms with Gasteiger partial charge in [-0.3, -0.25) is 24.0 Å². The van der Waals surface area contributed by atoms with Crippen molar-refractivity contribution in [2.24, 2.45) is 0 Å². The van der Waals surface area contributed by atoms with Gasteiger partial charge in [-0.2, -0.15) is 0 Å². The fraction of sp³-hybridized carbons (Fsp3) is 0.846. The molecule has 6 N–H and O–H groups in total. The van der Waals surface area contributed by atoms with Crippen LogP contribution >= 0.6 is 0 Å². The van der Waals surface area contributed by atoms with Gasteiger partial charge in [0, 0.05) is 45.5 Å². The predicted molar refractivity (Wildman–Crippen MR) is 211 cm³/mol. The number of carboxylic acids is 2. The summed E-state index contributed by atoms with van der Waals surface area (Å²) in [7, 11) is 0. The average molecular weight is 821 g/mol. The molecule has 0 spiro atoms. The molecule has 0 aliphatic heterocycles. The van der Waals surface area contributed by atoms with Crippen molar-refractivity contribution in [2.45, 2.75) is 116 Å². The number of amides is 4. The molecule has 4 amide bonds. The Balaban J connectivity index is 3.64. The summed E-state index contributed by atoms with van der Waals surface area (Å²) in [5.74, 6) is -3.16. The molecule has 18 nitrogen and oxygen atoms in total. The van der Waals surface area contributed by atoms with Crippen LogP contribution in [-0.2, 0) is 57.2 Å². The third-order valence-corrected chi connectivity index (χ3v) is 8.33. The molecular formula is C39H72N4O14. The van der Waals surface area contributed by atoms with Crippen LogP contribution in [0, 0.1) is 0 Å². The van der Waals surface area contributed by atoms with Gasteiger partial charge < -0.3 is 59.9 Å². The van der Waals surface area contributed by atoms with Crippen molar-refractivity contribution < 1.29 is 67.4 Å². The summed E-state index contributed by atoms with van der Waals surface area (Å²) in [6.07, 6.45) is 12.7. The zero-order valence-electron chi connectivity index (χ0n) is 34.3. The van der Waals surface area contributed by atoms with Crippen LogP contribution in [0.4, 0.5) is 0 Å². The molecule has 0 aromatic heterocycles. The fourth-order valence-corrected chi connectivity index (χ4v) is 5.24. The van der Waals surface area contributed by atoms with Gasteiger partial charge in [-0.1, -0.05) is 64.2 Å². The Bertz CT molecular complexity index is 1050. The summed E-state index contributed by atoms with van der Waals surface area (Å²) in [5, 5.41) is 28.6. The molecule has 0 radical (unpaired) electrons. The Kier molecular flexibility index (Phi) is 38.3. The van der Waals surface area contributed by atoms with E-state index < -0.39 is 18.0 Å². The Morgan fingerprint density at radius 1 is 0.439 bits per heavy atom. The maximum absolute atomic E-state index is 12.3. The first-order valence-electron chi connectivity index (χ1n) is 20.7. The molecule has 0 bridgehead atoms. The van der Waals surface area contributed by atoms with E-state index in [1.54, 1.807) is 0 Å². The van der Waals surface area contributed by atoms with Crippen LogP contribution in [0.1, 0.15) is 110 Å². The molecule has 0 saturated heterocycles. The zero-order valence-corrected chi connectivity index (χ0v) is 34.3. The average Bonchev–Trinajstić information content (AvgIpc) is 3.17. The number of carbonyl (C=O) groups excluding carboxylic acids is 4. The molecule has 0 aromatic rings. The lowest BCUT2D eigenvalue weighted by Gasteiger charge is -2.14. The Hall–Kier alpha value is -3.42. The van der Waals surface area contributed by atoms with Gasteiger partial charge in [-0.25, -0.2) is 4.79 Å². The lowest BCUT2D eigenvalue weighted by molar-refractivity contribution is -0.142. The van der Waals surface area contributed by atoms with Crippen molar-refractivity contribution in [1.82, 2.24) is 21.3 Å². The molecule has 0 aromatic carbocycles. The first-order chi connectivity index (χ1) is 27.6. The Morgan fingerprint density at radius 2 is 0.825 bits per heavy atom. The number of carboxylic acid groups (broad SMARTS) is 2. The van der Waals surface area contributed by atoms with Gasteiger partial charge in [0.05, 0.1) is 59.5 Å². The van der Waals surface area contributed by atoms with Crippen molar-refractivity contribution in [2.75, 3.05) is 98.9 Å². The maximum atomic E-state index is 12.3. The van der Waals surface area contributed by atoms with Crippen molar-refractivity contribution in [3.63, 3.8) is 0 Å². The summed E-state index contributed by atoms with van der Waals surface area (Å²) >= 11 is 0. The topological polar surface area (TPSA) is 246 Å². The number of nitrogens with one attached hydrogen (secondary N) is 4. The van der Waals surface area contributed by atoms with Crippen LogP contribution in [0.5, 0.6) is 0 Å². The smallest absolute Gasteiger partial charge is 0.326 e. The van der Waals surface area contributed by atoms with Crippen LogP contribution in [-0.4, -0.2) is 151 Å². The molecule has 0 saturated carbocycles. The minimum absolute atomic E-state index is 0.0275. The minimum Gasteiger partial charge on any atom is -0.481 e. The Labute approximate surface area is 338 Å². The minimum atomic E-state index is -1.19. The van der Waals surface area contributed by atoms with E-state index in [1.165, 1.54) is 19.3 Å². The number of unbranched alkanes of at least 4 members (excludes halogenated alkanes) is 11. The number of aliphatic carboxylic acids is 2. The molecule has 0 heterocycles. The number of ether oxygens (including phenoxy) is 6. The molecule has 57 heavy (non-hydrogen) atoms. The van der Waals surface area contributed by atoms with Crippen molar-refractivity contribution in [3.8, 4) is 0 Å². The number of hydrogen-bond acceptors (Lipinski definition) is 12. The van der Waals surface area contributed by atoms with E-state index in [4.69, 9.17) is 33.5 Å². The van der Waals surface area contributed by atoms with Gasteiger partial charge >= 0.3 is 11.9 Å². The first kappa shape index (κ1) is 53.6. The summed E-state index contributed by atoms with van der Waals surface area (Å²) < 4.78 is 31.7. The van der Waals surface area contributed by atoms with Gasteiger partial charge in [0.25, 0.3) is 0 Å². The largest absolute Gasteiger partial charge is 0.481 e. The van der Waals surface area contributed by atoms with E-state index in [1.807, 2.05) is 6.92 Å². The molecule has 18 heteroatoms. The SMILES string of the molecule is CCOCCOCCNC(=O)COCCOCCNC(=O)COCCOCCNC(=O)CCC(NC(=O)CCCCCCCCCCCCCCC(=O)O)C(=O)O. The van der Waals surface area contributed by atoms with Crippen LogP contribution in [0.2, 0.25) is 0 Å². The standard InChI is InChI=1S/C39H72N4O14/c1-2-52-25-26-53-23-20-41-36(46)31-57-30-28-55-24-21-42-37(47)32-56-29-27-54-22-19-40-34(44)18-17-33(39(50)51)43-35(45)15-13-11-9-7-5-3-4-6-8-10-12-14-16-38(48)49/h33H,2-32H2,1H3,(H,40,44)(H,41,46)(H,42,47)(H,43,45)(H,48,49)(H,50,51). The van der Waals surface area contributed by atoms with Gasteiger partial charge in [0.15, 0.2) is 0 Å². The first-order valence-corrected chi connectivity index (χ1v) is 20.7. The molecule has 332 valence electrons. The fourth-order valence-electron chi connectivity index (χ4n) is 5.24. The highest BCUT2D eigenvalue weighted by molar-refractivity contribution is 5.84. The summed E-state index contributed by atoms with van der Waals surface area (Å²) in [5.41, 5.74) is 0. The predicted octanol–water partition coefficient (Wildman–Crippen LogP) is 2.35. The normalized spacial score (nSPS) is 11.5. The third kappa shape index (κ3) is 40.6. The van der Waals surface area contributed by atoms with E-state index in [9.17, 15) is 33.9 Å². The van der Waals surface area contributed by atoms with Gasteiger partial charge in [-0.15, -0.1) is 0 Å². The third-order valence-electron chi connectivity index (χ3n) is 8.33. The summed E-state index contributed by atoms with van der Waals surface area (Å²) in [6.45, 7) is 5.94. The van der Waals surface area contributed by atoms with Gasteiger partial charge in [0.2, 0.25) is 23.6 Å². The maximum Gasteiger partial charge on any atom is 0.326 e. The second kappa shape index (κ2) is 40.8. The van der Waals surface area contributed by atoms with Crippen molar-refractivity contribution in [1.29, 1.82) is 0 Å². The molecule has 0 aliphatic carbocycles. The van der Waals surface area contributed by atoms with E-state index >= 15 is 0 Å². The van der Waals surface area contributed by atoms with E-state index in [-0.39, 0.29) is 115 Å². The summed E-state index contributed by atoms with van der Waals surface area (Å²) in [4.78, 5) is 70.1. The van der Waals surface area contributed by atoms with Crippen LogP contribution in [0.3, 0.4) is 0 Å². The zero-order chi connectivity index (χ0) is 42.0. The second-order valence-corrected chi connectivity index (χ2v) is 13.3.